The van der Waals surface area contributed by atoms with E-state index in [1.165, 1.54) is 12.5 Å². The largest absolute Gasteiger partial charge is 0.480 e. The van der Waals surface area contributed by atoms with Gasteiger partial charge in [-0.2, -0.15) is 0 Å². The first-order valence-corrected chi connectivity index (χ1v) is 11.8. The van der Waals surface area contributed by atoms with Gasteiger partial charge in [-0.15, -0.1) is 0 Å². The first-order valence-electron chi connectivity index (χ1n) is 11.8. The molecule has 0 aliphatic heterocycles. The summed E-state index contributed by atoms with van der Waals surface area (Å²) in [6, 6.07) is -4.42. The molecule has 202 valence electrons. The van der Waals surface area contributed by atoms with E-state index in [9.17, 15) is 29.1 Å². The number of carboxylic acids is 1. The summed E-state index contributed by atoms with van der Waals surface area (Å²) in [7, 11) is 0. The summed E-state index contributed by atoms with van der Waals surface area (Å²) in [6.07, 6.45) is 4.10. The van der Waals surface area contributed by atoms with E-state index < -0.39 is 53.8 Å². The Labute approximate surface area is 209 Å². The minimum absolute atomic E-state index is 0.00450. The van der Waals surface area contributed by atoms with Crippen molar-refractivity contribution in [3.8, 4) is 0 Å². The van der Waals surface area contributed by atoms with Crippen molar-refractivity contribution in [2.75, 3.05) is 6.54 Å². The Hall–Kier alpha value is -3.52. The molecule has 36 heavy (non-hydrogen) atoms. The summed E-state index contributed by atoms with van der Waals surface area (Å²) in [6.45, 7) is 3.69. The molecule has 0 saturated heterocycles. The summed E-state index contributed by atoms with van der Waals surface area (Å²) in [5.74, 6) is -4.21. The smallest absolute Gasteiger partial charge is 0.326 e. The molecular weight excluding hydrogens is 472 g/mol. The number of H-pyrrole nitrogens is 1. The van der Waals surface area contributed by atoms with Crippen LogP contribution in [0.1, 0.15) is 51.6 Å². The molecule has 0 aliphatic rings. The van der Waals surface area contributed by atoms with Crippen LogP contribution < -0.4 is 33.2 Å². The number of carbonyl (C=O) groups is 5. The Bertz CT molecular complexity index is 876. The van der Waals surface area contributed by atoms with Crippen LogP contribution in [0.2, 0.25) is 0 Å². The molecule has 0 aromatic carbocycles. The number of nitrogens with two attached hydrogens (primary N) is 3. The van der Waals surface area contributed by atoms with Gasteiger partial charge in [0.05, 0.1) is 12.4 Å². The van der Waals surface area contributed by atoms with E-state index in [4.69, 9.17) is 17.2 Å². The summed E-state index contributed by atoms with van der Waals surface area (Å²) in [4.78, 5) is 68.0. The van der Waals surface area contributed by atoms with E-state index in [1.807, 2.05) is 0 Å². The van der Waals surface area contributed by atoms with Crippen LogP contribution in [0.15, 0.2) is 12.5 Å². The van der Waals surface area contributed by atoms with Gasteiger partial charge in [0.2, 0.25) is 23.6 Å². The van der Waals surface area contributed by atoms with Crippen LogP contribution in [-0.4, -0.2) is 75.4 Å². The molecule has 1 heterocycles. The fraction of sp³-hybridized carbons (Fsp3) is 0.636. The van der Waals surface area contributed by atoms with Crippen LogP contribution in [0.5, 0.6) is 0 Å². The van der Waals surface area contributed by atoms with E-state index in [2.05, 4.69) is 25.9 Å². The van der Waals surface area contributed by atoms with Crippen molar-refractivity contribution in [2.24, 2.45) is 23.1 Å². The zero-order valence-corrected chi connectivity index (χ0v) is 20.7. The number of carboxylic acid groups (broad SMARTS) is 1. The number of nitrogens with one attached hydrogen (secondary N) is 4. The standard InChI is InChI=1S/C22H38N8O6/c1-12(2)18(22(35)36)30-20(33)15(5-3-4-8-23)28-21(34)16(9-13-10-26-11-27-13)29-19(32)14(24)6-7-17(25)31/h10-12,14-16,18H,3-9,23-24H2,1-2H3,(H2,25,31)(H,26,27)(H,28,34)(H,29,32)(H,30,33)(H,35,36). The highest BCUT2D eigenvalue weighted by Gasteiger charge is 2.31. The lowest BCUT2D eigenvalue weighted by Crippen LogP contribution is -2.58. The fourth-order valence-electron chi connectivity index (χ4n) is 3.33. The van der Waals surface area contributed by atoms with Gasteiger partial charge < -0.3 is 43.2 Å². The Morgan fingerprint density at radius 3 is 2.17 bits per heavy atom. The second kappa shape index (κ2) is 15.5. The topological polar surface area (TPSA) is 248 Å². The number of unbranched alkanes of at least 4 members (excludes halogenated alkanes) is 1. The monoisotopic (exact) mass is 510 g/mol. The molecule has 0 aliphatic carbocycles. The summed E-state index contributed by atoms with van der Waals surface area (Å²) < 4.78 is 0. The molecule has 4 amide bonds. The quantitative estimate of drug-likeness (QED) is 0.106. The molecule has 14 nitrogen and oxygen atoms in total. The number of aromatic amines is 1. The van der Waals surface area contributed by atoms with Gasteiger partial charge in [0.1, 0.15) is 18.1 Å². The van der Waals surface area contributed by atoms with E-state index in [0.717, 1.165) is 0 Å². The van der Waals surface area contributed by atoms with Crippen molar-refractivity contribution in [3.05, 3.63) is 18.2 Å². The van der Waals surface area contributed by atoms with Gasteiger partial charge in [0.15, 0.2) is 0 Å². The zero-order chi connectivity index (χ0) is 27.3. The molecule has 0 saturated carbocycles. The van der Waals surface area contributed by atoms with E-state index >= 15 is 0 Å². The number of aromatic nitrogens is 2. The predicted molar refractivity (Wildman–Crippen MR) is 130 cm³/mol. The molecule has 4 unspecified atom stereocenters. The highest BCUT2D eigenvalue weighted by atomic mass is 16.4. The molecule has 0 radical (unpaired) electrons. The number of amides is 4. The number of aliphatic carboxylic acids is 1. The lowest BCUT2D eigenvalue weighted by atomic mass is 10.0. The SMILES string of the molecule is CC(C)C(NC(=O)C(CCCCN)NC(=O)C(Cc1cnc[nH]1)NC(=O)C(N)CCC(N)=O)C(=O)O. The number of primary amides is 1. The predicted octanol–water partition coefficient (Wildman–Crippen LogP) is -2.13. The van der Waals surface area contributed by atoms with Crippen LogP contribution in [0.4, 0.5) is 0 Å². The van der Waals surface area contributed by atoms with E-state index in [1.54, 1.807) is 13.8 Å². The second-order valence-electron chi connectivity index (χ2n) is 8.87. The number of imidazole rings is 1. The molecule has 4 atom stereocenters. The van der Waals surface area contributed by atoms with E-state index in [-0.39, 0.29) is 31.6 Å². The first-order chi connectivity index (χ1) is 17.0. The molecule has 11 N–H and O–H groups in total. The second-order valence-corrected chi connectivity index (χ2v) is 8.87. The maximum absolute atomic E-state index is 13.2. The molecule has 0 fully saturated rings. The summed E-state index contributed by atoms with van der Waals surface area (Å²) >= 11 is 0. The molecule has 0 bridgehead atoms. The van der Waals surface area contributed by atoms with Gasteiger partial charge in [-0.25, -0.2) is 9.78 Å². The minimum Gasteiger partial charge on any atom is -0.480 e. The highest BCUT2D eigenvalue weighted by molar-refractivity contribution is 5.94. The lowest BCUT2D eigenvalue weighted by molar-refractivity contribution is -0.143. The summed E-state index contributed by atoms with van der Waals surface area (Å²) in [5, 5.41) is 17.0. The Morgan fingerprint density at radius 2 is 1.64 bits per heavy atom. The third kappa shape index (κ3) is 10.8. The van der Waals surface area contributed by atoms with Gasteiger partial charge in [-0.05, 0) is 38.1 Å². The molecule has 1 aromatic heterocycles. The number of hydrogen-bond donors (Lipinski definition) is 8. The molecule has 0 spiro atoms. The fourth-order valence-corrected chi connectivity index (χ4v) is 3.33. The Kier molecular flexibility index (Phi) is 13.1. The van der Waals surface area contributed by atoms with Crippen molar-refractivity contribution in [1.29, 1.82) is 0 Å². The van der Waals surface area contributed by atoms with Crippen LogP contribution in [0.25, 0.3) is 0 Å². The highest BCUT2D eigenvalue weighted by Crippen LogP contribution is 2.08. The van der Waals surface area contributed by atoms with Crippen molar-refractivity contribution < 1.29 is 29.1 Å². The van der Waals surface area contributed by atoms with Gasteiger partial charge >= 0.3 is 5.97 Å². The van der Waals surface area contributed by atoms with Gasteiger partial charge in [0.25, 0.3) is 0 Å². The average molecular weight is 511 g/mol. The first kappa shape index (κ1) is 30.5. The van der Waals surface area contributed by atoms with Gasteiger partial charge in [-0.1, -0.05) is 13.8 Å². The third-order valence-electron chi connectivity index (χ3n) is 5.46. The third-order valence-corrected chi connectivity index (χ3v) is 5.46. The average Bonchev–Trinajstić information content (AvgIpc) is 3.32. The minimum atomic E-state index is -1.19. The van der Waals surface area contributed by atoms with E-state index in [0.29, 0.717) is 25.1 Å². The molecule has 1 rings (SSSR count). The maximum atomic E-state index is 13.2. The number of carbonyl (C=O) groups excluding carboxylic acids is 4. The zero-order valence-electron chi connectivity index (χ0n) is 20.7. The number of hydrogen-bond acceptors (Lipinski definition) is 8. The van der Waals surface area contributed by atoms with Crippen molar-refractivity contribution >= 4 is 29.6 Å². The van der Waals surface area contributed by atoms with Crippen LogP contribution in [-0.2, 0) is 30.4 Å². The lowest BCUT2D eigenvalue weighted by Gasteiger charge is -2.26. The normalized spacial score (nSPS) is 14.4. The molecule has 14 heteroatoms. The van der Waals surface area contributed by atoms with Crippen molar-refractivity contribution in [2.45, 2.75) is 76.5 Å². The number of nitrogens with zero attached hydrogens (tertiary/aromatic N) is 1. The summed E-state index contributed by atoms with van der Waals surface area (Å²) in [5.41, 5.74) is 17.0. The van der Waals surface area contributed by atoms with Gasteiger partial charge in [0, 0.05) is 24.7 Å². The van der Waals surface area contributed by atoms with Crippen LogP contribution >= 0.6 is 0 Å². The maximum Gasteiger partial charge on any atom is 0.326 e. The van der Waals surface area contributed by atoms with Crippen molar-refractivity contribution in [1.82, 2.24) is 25.9 Å². The number of rotatable bonds is 17. The Balaban J connectivity index is 3.04. The van der Waals surface area contributed by atoms with Gasteiger partial charge in [-0.3, -0.25) is 19.2 Å². The van der Waals surface area contributed by atoms with Crippen LogP contribution in [0.3, 0.4) is 0 Å². The Morgan fingerprint density at radius 1 is 1.00 bits per heavy atom. The van der Waals surface area contributed by atoms with Crippen LogP contribution in [0, 0.1) is 5.92 Å². The van der Waals surface area contributed by atoms with Crippen molar-refractivity contribution in [3.63, 3.8) is 0 Å². The molecular formula is C22H38N8O6. The molecule has 1 aromatic rings.